The molecule has 0 aromatic heterocycles. The molecule has 0 bridgehead atoms. The van der Waals surface area contributed by atoms with Gasteiger partial charge >= 0.3 is 5.97 Å². The first-order chi connectivity index (χ1) is 8.72. The molecule has 0 unspecified atom stereocenters. The monoisotopic (exact) mass is 260 g/mol. The first-order valence-corrected chi connectivity index (χ1v) is 7.17. The highest BCUT2D eigenvalue weighted by Gasteiger charge is 2.15. The molecule has 0 aliphatic carbocycles. The number of carboxylic acids is 1. The van der Waals surface area contributed by atoms with Crippen LogP contribution in [0.25, 0.3) is 0 Å². The third-order valence-corrected chi connectivity index (χ3v) is 3.27. The van der Waals surface area contributed by atoms with Crippen LogP contribution in [0, 0.1) is 5.92 Å². The summed E-state index contributed by atoms with van der Waals surface area (Å²) in [5.74, 6) is -0.896. The minimum Gasteiger partial charge on any atom is -0.481 e. The summed E-state index contributed by atoms with van der Waals surface area (Å²) in [5, 5.41) is 26.4. The van der Waals surface area contributed by atoms with Crippen molar-refractivity contribution in [3.8, 4) is 0 Å². The fraction of sp³-hybridized carbons (Fsp3) is 0.929. The smallest absolute Gasteiger partial charge is 0.306 e. The average Bonchev–Trinajstić information content (AvgIpc) is 2.35. The maximum Gasteiger partial charge on any atom is 0.306 e. The fourth-order valence-corrected chi connectivity index (χ4v) is 2.10. The van der Waals surface area contributed by atoms with Gasteiger partial charge in [0.05, 0.1) is 5.92 Å². The van der Waals surface area contributed by atoms with Gasteiger partial charge in [-0.2, -0.15) is 0 Å². The molecule has 4 heteroatoms. The van der Waals surface area contributed by atoms with E-state index >= 15 is 0 Å². The molecule has 0 radical (unpaired) electrons. The summed E-state index contributed by atoms with van der Waals surface area (Å²) in [7, 11) is 0. The molecule has 3 N–H and O–H groups in total. The molecule has 0 aliphatic rings. The Morgan fingerprint density at radius 1 is 0.722 bits per heavy atom. The first kappa shape index (κ1) is 17.4. The molecule has 0 aromatic rings. The summed E-state index contributed by atoms with van der Waals surface area (Å²) in [4.78, 5) is 11.1. The van der Waals surface area contributed by atoms with Gasteiger partial charge in [-0.1, -0.05) is 38.5 Å². The largest absolute Gasteiger partial charge is 0.481 e. The predicted molar refractivity (Wildman–Crippen MR) is 71.5 cm³/mol. The summed E-state index contributed by atoms with van der Waals surface area (Å²) < 4.78 is 0. The zero-order chi connectivity index (χ0) is 13.6. The number of carboxylic acid groups (broad SMARTS) is 1. The average molecular weight is 260 g/mol. The molecular formula is C14H28O4. The molecule has 0 atom stereocenters. The van der Waals surface area contributed by atoms with Crippen LogP contribution in [-0.4, -0.2) is 34.5 Å². The zero-order valence-electron chi connectivity index (χ0n) is 11.3. The van der Waals surface area contributed by atoms with Crippen molar-refractivity contribution in [2.24, 2.45) is 5.92 Å². The molecule has 0 aromatic carbocycles. The number of unbranched alkanes of at least 4 members (excludes halogenated alkanes) is 6. The minimum atomic E-state index is -0.681. The van der Waals surface area contributed by atoms with Crippen LogP contribution in [0.15, 0.2) is 0 Å². The van der Waals surface area contributed by atoms with Crippen LogP contribution in [0.2, 0.25) is 0 Å². The van der Waals surface area contributed by atoms with Crippen LogP contribution in [-0.2, 0) is 4.79 Å². The zero-order valence-corrected chi connectivity index (χ0v) is 11.3. The first-order valence-electron chi connectivity index (χ1n) is 7.17. The normalized spacial score (nSPS) is 11.1. The van der Waals surface area contributed by atoms with Crippen molar-refractivity contribution in [1.29, 1.82) is 0 Å². The van der Waals surface area contributed by atoms with Crippen LogP contribution >= 0.6 is 0 Å². The summed E-state index contributed by atoms with van der Waals surface area (Å²) >= 11 is 0. The van der Waals surface area contributed by atoms with Gasteiger partial charge in [-0.15, -0.1) is 0 Å². The van der Waals surface area contributed by atoms with Crippen LogP contribution in [0.3, 0.4) is 0 Å². The van der Waals surface area contributed by atoms with E-state index in [2.05, 4.69) is 0 Å². The standard InChI is InChI=1S/C14H28O4/c15-11-7-3-1-5-9-13(14(17)18)10-6-2-4-8-12-16/h13,15-16H,1-12H2,(H,17,18). The van der Waals surface area contributed by atoms with Gasteiger partial charge in [-0.05, 0) is 25.7 Å². The molecule has 108 valence electrons. The third kappa shape index (κ3) is 10.5. The van der Waals surface area contributed by atoms with E-state index in [-0.39, 0.29) is 19.1 Å². The highest BCUT2D eigenvalue weighted by Crippen LogP contribution is 2.18. The highest BCUT2D eigenvalue weighted by atomic mass is 16.4. The van der Waals surface area contributed by atoms with E-state index in [0.717, 1.165) is 64.2 Å². The summed E-state index contributed by atoms with van der Waals surface area (Å²) in [6.07, 6.45) is 9.00. The Hall–Kier alpha value is -0.610. The lowest BCUT2D eigenvalue weighted by Crippen LogP contribution is -2.13. The van der Waals surface area contributed by atoms with Crippen molar-refractivity contribution in [3.05, 3.63) is 0 Å². The van der Waals surface area contributed by atoms with E-state index in [1.165, 1.54) is 0 Å². The number of aliphatic hydroxyl groups is 2. The van der Waals surface area contributed by atoms with Gasteiger partial charge in [0, 0.05) is 13.2 Å². The molecule has 0 spiro atoms. The molecule has 4 nitrogen and oxygen atoms in total. The van der Waals surface area contributed by atoms with E-state index in [1.54, 1.807) is 0 Å². The second-order valence-corrected chi connectivity index (χ2v) is 4.89. The topological polar surface area (TPSA) is 77.8 Å². The molecule has 0 aliphatic heterocycles. The molecule has 0 saturated carbocycles. The number of rotatable bonds is 13. The van der Waals surface area contributed by atoms with E-state index in [1.807, 2.05) is 0 Å². The number of carbonyl (C=O) groups is 1. The van der Waals surface area contributed by atoms with Crippen molar-refractivity contribution < 1.29 is 20.1 Å². The van der Waals surface area contributed by atoms with Gasteiger partial charge in [-0.3, -0.25) is 4.79 Å². The van der Waals surface area contributed by atoms with Gasteiger partial charge < -0.3 is 15.3 Å². The quantitative estimate of drug-likeness (QED) is 0.445. The second kappa shape index (κ2) is 12.8. The fourth-order valence-electron chi connectivity index (χ4n) is 2.10. The van der Waals surface area contributed by atoms with E-state index in [0.29, 0.717) is 0 Å². The number of hydrogen-bond donors (Lipinski definition) is 3. The number of aliphatic carboxylic acids is 1. The van der Waals surface area contributed by atoms with Crippen LogP contribution in [0.4, 0.5) is 0 Å². The molecule has 0 amide bonds. The van der Waals surface area contributed by atoms with Crippen LogP contribution in [0.5, 0.6) is 0 Å². The van der Waals surface area contributed by atoms with Gasteiger partial charge in [-0.25, -0.2) is 0 Å². The minimum absolute atomic E-state index is 0.215. The molecule has 0 heterocycles. The lowest BCUT2D eigenvalue weighted by molar-refractivity contribution is -0.142. The Balaban J connectivity index is 3.56. The number of hydrogen-bond acceptors (Lipinski definition) is 3. The van der Waals surface area contributed by atoms with Crippen molar-refractivity contribution in [3.63, 3.8) is 0 Å². The SMILES string of the molecule is O=C(O)C(CCCCCCO)CCCCCCO. The van der Waals surface area contributed by atoms with E-state index in [4.69, 9.17) is 15.3 Å². The van der Waals surface area contributed by atoms with E-state index in [9.17, 15) is 4.79 Å². The molecule has 0 saturated heterocycles. The van der Waals surface area contributed by atoms with Gasteiger partial charge in [0.1, 0.15) is 0 Å². The van der Waals surface area contributed by atoms with Crippen molar-refractivity contribution >= 4 is 5.97 Å². The third-order valence-electron chi connectivity index (χ3n) is 3.27. The predicted octanol–water partition coefficient (Wildman–Crippen LogP) is 2.57. The summed E-state index contributed by atoms with van der Waals surface area (Å²) in [6, 6.07) is 0. The van der Waals surface area contributed by atoms with Crippen molar-refractivity contribution in [2.75, 3.05) is 13.2 Å². The molecule has 0 rings (SSSR count). The summed E-state index contributed by atoms with van der Waals surface area (Å²) in [6.45, 7) is 0.459. The van der Waals surface area contributed by atoms with Gasteiger partial charge in [0.15, 0.2) is 0 Å². The Bertz CT molecular complexity index is 180. The summed E-state index contributed by atoms with van der Waals surface area (Å²) in [5.41, 5.74) is 0. The van der Waals surface area contributed by atoms with Crippen LogP contribution < -0.4 is 0 Å². The lowest BCUT2D eigenvalue weighted by Gasteiger charge is -2.11. The Kier molecular flexibility index (Phi) is 12.4. The number of aliphatic hydroxyl groups excluding tert-OH is 2. The van der Waals surface area contributed by atoms with Gasteiger partial charge in [0.2, 0.25) is 0 Å². The van der Waals surface area contributed by atoms with Crippen molar-refractivity contribution in [1.82, 2.24) is 0 Å². The molecule has 18 heavy (non-hydrogen) atoms. The Morgan fingerprint density at radius 2 is 1.11 bits per heavy atom. The van der Waals surface area contributed by atoms with E-state index < -0.39 is 5.97 Å². The lowest BCUT2D eigenvalue weighted by atomic mass is 9.94. The van der Waals surface area contributed by atoms with Crippen LogP contribution in [0.1, 0.15) is 64.2 Å². The second-order valence-electron chi connectivity index (χ2n) is 4.89. The Labute approximate surface area is 110 Å². The van der Waals surface area contributed by atoms with Crippen molar-refractivity contribution in [2.45, 2.75) is 64.2 Å². The molecule has 0 fully saturated rings. The van der Waals surface area contributed by atoms with Gasteiger partial charge in [0.25, 0.3) is 0 Å². The molecular weight excluding hydrogens is 232 g/mol. The maximum atomic E-state index is 11.1. The Morgan fingerprint density at radius 3 is 1.44 bits per heavy atom. The maximum absolute atomic E-state index is 11.1. The highest BCUT2D eigenvalue weighted by molar-refractivity contribution is 5.69.